The van der Waals surface area contributed by atoms with Gasteiger partial charge in [0, 0.05) is 16.9 Å². The average molecular weight is 337 g/mol. The Morgan fingerprint density at radius 2 is 2.17 bits per heavy atom. The molecular formula is C16H17F2N3OS. The van der Waals surface area contributed by atoms with Gasteiger partial charge in [-0.1, -0.05) is 30.3 Å². The molecule has 1 aromatic carbocycles. The molecule has 122 valence electrons. The van der Waals surface area contributed by atoms with Crippen molar-refractivity contribution in [2.75, 3.05) is 6.54 Å². The van der Waals surface area contributed by atoms with E-state index in [4.69, 9.17) is 0 Å². The lowest BCUT2D eigenvalue weighted by atomic mass is 10.2. The van der Waals surface area contributed by atoms with Crippen molar-refractivity contribution >= 4 is 17.2 Å². The average Bonchev–Trinajstić information content (AvgIpc) is 3.08. The van der Waals surface area contributed by atoms with Crippen LogP contribution >= 0.6 is 11.3 Å². The van der Waals surface area contributed by atoms with Crippen molar-refractivity contribution in [3.63, 3.8) is 0 Å². The van der Waals surface area contributed by atoms with Gasteiger partial charge >= 0.3 is 0 Å². The van der Waals surface area contributed by atoms with Crippen LogP contribution in [0.15, 0.2) is 30.3 Å². The molecule has 1 aromatic heterocycles. The number of amides is 1. The Bertz CT molecular complexity index is 703. The number of nitrogens with zero attached hydrogens (tertiary/aromatic N) is 1. The molecule has 4 nitrogen and oxygen atoms in total. The van der Waals surface area contributed by atoms with Gasteiger partial charge in [-0.15, -0.1) is 11.3 Å². The molecule has 0 spiro atoms. The highest BCUT2D eigenvalue weighted by molar-refractivity contribution is 7.15. The van der Waals surface area contributed by atoms with Crippen molar-refractivity contribution in [3.05, 3.63) is 40.9 Å². The van der Waals surface area contributed by atoms with Gasteiger partial charge in [0.05, 0.1) is 24.8 Å². The van der Waals surface area contributed by atoms with E-state index in [9.17, 15) is 13.6 Å². The largest absolute Gasteiger partial charge is 0.350 e. The van der Waals surface area contributed by atoms with Gasteiger partial charge in [0.15, 0.2) is 0 Å². The van der Waals surface area contributed by atoms with E-state index in [0.717, 1.165) is 21.1 Å². The lowest BCUT2D eigenvalue weighted by molar-refractivity contribution is -0.123. The fraction of sp³-hybridized carbons (Fsp3) is 0.375. The molecule has 0 radical (unpaired) electrons. The summed E-state index contributed by atoms with van der Waals surface area (Å²) in [6, 6.07) is 8.96. The second-order valence-electron chi connectivity index (χ2n) is 5.60. The van der Waals surface area contributed by atoms with E-state index in [1.807, 2.05) is 37.3 Å². The second kappa shape index (κ2) is 6.33. The van der Waals surface area contributed by atoms with E-state index in [1.54, 1.807) is 0 Å². The van der Waals surface area contributed by atoms with Crippen LogP contribution in [0.4, 0.5) is 8.78 Å². The Labute approximate surface area is 136 Å². The first kappa shape index (κ1) is 16.0. The molecule has 1 atom stereocenters. The van der Waals surface area contributed by atoms with Crippen molar-refractivity contribution in [3.8, 4) is 10.6 Å². The Balaban J connectivity index is 1.63. The summed E-state index contributed by atoms with van der Waals surface area (Å²) in [5.74, 6) is -3.20. The topological polar surface area (TPSA) is 54.0 Å². The Morgan fingerprint density at radius 1 is 1.43 bits per heavy atom. The van der Waals surface area contributed by atoms with Crippen LogP contribution in [0.1, 0.15) is 17.0 Å². The molecule has 1 amide bonds. The van der Waals surface area contributed by atoms with E-state index < -0.39 is 30.8 Å². The number of carbonyl (C=O) groups excluding carboxylic acids is 1. The van der Waals surface area contributed by atoms with Crippen molar-refractivity contribution < 1.29 is 13.6 Å². The van der Waals surface area contributed by atoms with Crippen LogP contribution < -0.4 is 10.6 Å². The molecule has 2 N–H and O–H groups in total. The molecule has 2 heterocycles. The molecule has 3 rings (SSSR count). The first-order valence-corrected chi connectivity index (χ1v) is 8.17. The van der Waals surface area contributed by atoms with Crippen molar-refractivity contribution in [1.29, 1.82) is 0 Å². The summed E-state index contributed by atoms with van der Waals surface area (Å²) in [6.07, 6.45) is -0.449. The molecule has 0 bridgehead atoms. The van der Waals surface area contributed by atoms with E-state index in [-0.39, 0.29) is 0 Å². The second-order valence-corrected chi connectivity index (χ2v) is 6.69. The number of rotatable bonds is 4. The van der Waals surface area contributed by atoms with Crippen LogP contribution in [0.3, 0.4) is 0 Å². The zero-order valence-corrected chi connectivity index (χ0v) is 13.4. The van der Waals surface area contributed by atoms with E-state index in [1.165, 1.54) is 11.3 Å². The number of aromatic nitrogens is 1. The number of benzene rings is 1. The number of nitrogens with one attached hydrogen (secondary N) is 2. The standard InChI is InChI=1S/C16H17F2N3OS/c1-10-13(23-15(21-10)11-5-3-2-4-6-11)8-19-14(22)12-7-16(17,18)9-20-12/h2-6,12,20H,7-9H2,1H3,(H,19,22). The SMILES string of the molecule is Cc1nc(-c2ccccc2)sc1CNC(=O)C1CC(F)(F)CN1. The summed E-state index contributed by atoms with van der Waals surface area (Å²) >= 11 is 1.50. The molecule has 23 heavy (non-hydrogen) atoms. The van der Waals surface area contributed by atoms with Gasteiger partial charge < -0.3 is 5.32 Å². The molecule has 1 aliphatic rings. The van der Waals surface area contributed by atoms with Crippen molar-refractivity contribution in [2.45, 2.75) is 31.9 Å². The minimum Gasteiger partial charge on any atom is -0.350 e. The van der Waals surface area contributed by atoms with Gasteiger partial charge in [-0.3, -0.25) is 10.1 Å². The Kier molecular flexibility index (Phi) is 4.41. The number of halogens is 2. The summed E-state index contributed by atoms with van der Waals surface area (Å²) in [4.78, 5) is 17.4. The highest BCUT2D eigenvalue weighted by Gasteiger charge is 2.42. The first-order chi connectivity index (χ1) is 10.9. The fourth-order valence-corrected chi connectivity index (χ4v) is 3.50. The first-order valence-electron chi connectivity index (χ1n) is 7.35. The highest BCUT2D eigenvalue weighted by atomic mass is 32.1. The van der Waals surface area contributed by atoms with Gasteiger partial charge in [-0.25, -0.2) is 13.8 Å². The lowest BCUT2D eigenvalue weighted by Crippen LogP contribution is -2.39. The van der Waals surface area contributed by atoms with Crippen LogP contribution in [0, 0.1) is 6.92 Å². The summed E-state index contributed by atoms with van der Waals surface area (Å²) in [7, 11) is 0. The smallest absolute Gasteiger partial charge is 0.262 e. The Hall–Kier alpha value is -1.86. The molecule has 1 saturated heterocycles. The Morgan fingerprint density at radius 3 is 2.83 bits per heavy atom. The van der Waals surface area contributed by atoms with Gasteiger partial charge in [-0.2, -0.15) is 0 Å². The van der Waals surface area contributed by atoms with Crippen LogP contribution in [0.2, 0.25) is 0 Å². The zero-order chi connectivity index (χ0) is 16.4. The van der Waals surface area contributed by atoms with Gasteiger partial charge in [0.1, 0.15) is 5.01 Å². The zero-order valence-electron chi connectivity index (χ0n) is 12.6. The number of alkyl halides is 2. The number of hydrogen-bond acceptors (Lipinski definition) is 4. The third kappa shape index (κ3) is 3.73. The predicted molar refractivity (Wildman–Crippen MR) is 85.5 cm³/mol. The maximum absolute atomic E-state index is 13.1. The van der Waals surface area contributed by atoms with Gasteiger partial charge in [-0.05, 0) is 6.92 Å². The normalized spacial score (nSPS) is 19.7. The molecule has 1 unspecified atom stereocenters. The third-order valence-electron chi connectivity index (χ3n) is 3.76. The summed E-state index contributed by atoms with van der Waals surface area (Å²) in [5, 5.41) is 6.16. The summed E-state index contributed by atoms with van der Waals surface area (Å²) in [6.45, 7) is 1.74. The number of aryl methyl sites for hydroxylation is 1. The monoisotopic (exact) mass is 337 g/mol. The lowest BCUT2D eigenvalue weighted by Gasteiger charge is -2.10. The van der Waals surface area contributed by atoms with Crippen LogP contribution in [0.5, 0.6) is 0 Å². The molecule has 7 heteroatoms. The molecule has 2 aromatic rings. The highest BCUT2D eigenvalue weighted by Crippen LogP contribution is 2.28. The molecule has 1 aliphatic heterocycles. The minimum absolute atomic E-state index is 0.304. The quantitative estimate of drug-likeness (QED) is 0.902. The van der Waals surface area contributed by atoms with Crippen molar-refractivity contribution in [2.24, 2.45) is 0 Å². The van der Waals surface area contributed by atoms with Gasteiger partial charge in [0.25, 0.3) is 5.92 Å². The molecular weight excluding hydrogens is 320 g/mol. The van der Waals surface area contributed by atoms with Crippen LogP contribution in [-0.2, 0) is 11.3 Å². The predicted octanol–water partition coefficient (Wildman–Crippen LogP) is 2.73. The molecule has 1 fully saturated rings. The van der Waals surface area contributed by atoms with E-state index in [2.05, 4.69) is 15.6 Å². The van der Waals surface area contributed by atoms with Crippen LogP contribution in [-0.4, -0.2) is 29.4 Å². The summed E-state index contributed by atoms with van der Waals surface area (Å²) in [5.41, 5.74) is 1.87. The minimum atomic E-state index is -2.80. The number of carbonyl (C=O) groups is 1. The van der Waals surface area contributed by atoms with Crippen molar-refractivity contribution in [1.82, 2.24) is 15.6 Å². The molecule has 0 aliphatic carbocycles. The van der Waals surface area contributed by atoms with E-state index in [0.29, 0.717) is 6.54 Å². The summed E-state index contributed by atoms with van der Waals surface area (Å²) < 4.78 is 26.2. The molecule has 0 saturated carbocycles. The fourth-order valence-electron chi connectivity index (χ4n) is 2.49. The maximum atomic E-state index is 13.1. The van der Waals surface area contributed by atoms with E-state index >= 15 is 0 Å². The third-order valence-corrected chi connectivity index (χ3v) is 4.97. The van der Waals surface area contributed by atoms with Crippen LogP contribution in [0.25, 0.3) is 10.6 Å². The maximum Gasteiger partial charge on any atom is 0.262 e. The number of hydrogen-bond donors (Lipinski definition) is 2. The van der Waals surface area contributed by atoms with Gasteiger partial charge in [0.2, 0.25) is 5.91 Å². The number of thiazole rings is 1.